The second kappa shape index (κ2) is 4.48. The molecule has 1 rings (SSSR count). The lowest BCUT2D eigenvalue weighted by molar-refractivity contribution is -0.0152. The van der Waals surface area contributed by atoms with Gasteiger partial charge in [-0.2, -0.15) is 0 Å². The second-order valence-corrected chi connectivity index (χ2v) is 3.50. The molecule has 0 aliphatic carbocycles. The van der Waals surface area contributed by atoms with Crippen molar-refractivity contribution in [1.82, 2.24) is 0 Å². The first kappa shape index (κ1) is 10.3. The number of aliphatic hydroxyl groups excluding tert-OH is 3. The zero-order chi connectivity index (χ0) is 9.84. The molecule has 4 nitrogen and oxygen atoms in total. The predicted octanol–water partition coefficient (Wildman–Crippen LogP) is -0.0528. The van der Waals surface area contributed by atoms with E-state index in [2.05, 4.69) is 0 Å². The minimum absolute atomic E-state index is 0.363. The Morgan fingerprint density at radius 1 is 1.54 bits per heavy atom. The molecule has 1 heterocycles. The Labute approximate surface area is 79.1 Å². The van der Waals surface area contributed by atoms with Gasteiger partial charge in [0.05, 0.1) is 11.5 Å². The van der Waals surface area contributed by atoms with Crippen molar-refractivity contribution in [3.63, 3.8) is 0 Å². The molecule has 0 radical (unpaired) electrons. The zero-order valence-electron chi connectivity index (χ0n) is 6.75. The van der Waals surface area contributed by atoms with Crippen LogP contribution in [-0.4, -0.2) is 34.3 Å². The Kier molecular flexibility index (Phi) is 3.56. The molecule has 13 heavy (non-hydrogen) atoms. The van der Waals surface area contributed by atoms with Crippen molar-refractivity contribution < 1.29 is 20.1 Å². The number of carbonyl (C=O) groups excluding carboxylic acids is 1. The van der Waals surface area contributed by atoms with E-state index in [1.807, 2.05) is 0 Å². The molecule has 0 fully saturated rings. The van der Waals surface area contributed by atoms with E-state index in [-0.39, 0.29) is 0 Å². The van der Waals surface area contributed by atoms with Crippen LogP contribution in [0.5, 0.6) is 0 Å². The van der Waals surface area contributed by atoms with Gasteiger partial charge in [-0.05, 0) is 11.4 Å². The third-order valence-corrected chi connectivity index (χ3v) is 2.56. The Morgan fingerprint density at radius 2 is 2.23 bits per heavy atom. The lowest BCUT2D eigenvalue weighted by Gasteiger charge is -2.14. The van der Waals surface area contributed by atoms with E-state index in [1.165, 1.54) is 11.3 Å². The standard InChI is InChI=1S/C8H10O4S/c9-3-6(11)8(12)5-1-2-13-7(5)4-10/h1-2,4,6,8-9,11-12H,3H2. The maximum Gasteiger partial charge on any atom is 0.160 e. The summed E-state index contributed by atoms with van der Waals surface area (Å²) in [6, 6.07) is 1.55. The molecule has 0 saturated heterocycles. The van der Waals surface area contributed by atoms with Gasteiger partial charge in [-0.15, -0.1) is 11.3 Å². The first-order valence-electron chi connectivity index (χ1n) is 3.70. The molecule has 0 saturated carbocycles. The van der Waals surface area contributed by atoms with Crippen molar-refractivity contribution in [2.24, 2.45) is 0 Å². The van der Waals surface area contributed by atoms with Crippen LogP contribution in [0, 0.1) is 0 Å². The maximum absolute atomic E-state index is 10.5. The summed E-state index contributed by atoms with van der Waals surface area (Å²) >= 11 is 1.18. The number of rotatable bonds is 4. The normalized spacial score (nSPS) is 15.3. The lowest BCUT2D eigenvalue weighted by Crippen LogP contribution is -2.22. The first-order valence-corrected chi connectivity index (χ1v) is 4.58. The molecule has 0 spiro atoms. The van der Waals surface area contributed by atoms with Crippen LogP contribution in [0.15, 0.2) is 11.4 Å². The third kappa shape index (κ3) is 2.13. The lowest BCUT2D eigenvalue weighted by atomic mass is 10.1. The fraction of sp³-hybridized carbons (Fsp3) is 0.375. The van der Waals surface area contributed by atoms with E-state index in [0.29, 0.717) is 16.7 Å². The number of carbonyl (C=O) groups is 1. The van der Waals surface area contributed by atoms with E-state index < -0.39 is 18.8 Å². The van der Waals surface area contributed by atoms with Crippen LogP contribution < -0.4 is 0 Å². The smallest absolute Gasteiger partial charge is 0.160 e. The molecular formula is C8H10O4S. The molecule has 1 aromatic heterocycles. The van der Waals surface area contributed by atoms with Gasteiger partial charge >= 0.3 is 0 Å². The highest BCUT2D eigenvalue weighted by Gasteiger charge is 2.20. The molecule has 72 valence electrons. The van der Waals surface area contributed by atoms with Crippen molar-refractivity contribution in [3.8, 4) is 0 Å². The van der Waals surface area contributed by atoms with Crippen molar-refractivity contribution in [1.29, 1.82) is 0 Å². The average Bonchev–Trinajstić information content (AvgIpc) is 2.62. The van der Waals surface area contributed by atoms with Gasteiger partial charge in [0.15, 0.2) is 6.29 Å². The monoisotopic (exact) mass is 202 g/mol. The van der Waals surface area contributed by atoms with Crippen LogP contribution in [0.3, 0.4) is 0 Å². The summed E-state index contributed by atoms with van der Waals surface area (Å²) in [4.78, 5) is 10.8. The molecular weight excluding hydrogens is 192 g/mol. The molecule has 2 atom stereocenters. The molecule has 0 aliphatic rings. The highest BCUT2D eigenvalue weighted by molar-refractivity contribution is 7.11. The number of thiophene rings is 1. The third-order valence-electron chi connectivity index (χ3n) is 1.70. The molecule has 0 aliphatic heterocycles. The second-order valence-electron chi connectivity index (χ2n) is 2.55. The highest BCUT2D eigenvalue weighted by Crippen LogP contribution is 2.24. The Morgan fingerprint density at radius 3 is 2.77 bits per heavy atom. The maximum atomic E-state index is 10.5. The molecule has 3 N–H and O–H groups in total. The van der Waals surface area contributed by atoms with Crippen LogP contribution in [0.4, 0.5) is 0 Å². The summed E-state index contributed by atoms with van der Waals surface area (Å²) in [6.07, 6.45) is -1.82. The fourth-order valence-electron chi connectivity index (χ4n) is 0.978. The first-order chi connectivity index (χ1) is 6.20. The Hall–Kier alpha value is -0.750. The Balaban J connectivity index is 2.87. The quantitative estimate of drug-likeness (QED) is 0.598. The summed E-state index contributed by atoms with van der Waals surface area (Å²) < 4.78 is 0. The van der Waals surface area contributed by atoms with Crippen LogP contribution in [0.1, 0.15) is 21.3 Å². The molecule has 1 aromatic rings. The number of hydrogen-bond donors (Lipinski definition) is 3. The van der Waals surface area contributed by atoms with Crippen molar-refractivity contribution in [2.75, 3.05) is 6.61 Å². The average molecular weight is 202 g/mol. The van der Waals surface area contributed by atoms with Crippen LogP contribution >= 0.6 is 11.3 Å². The molecule has 0 bridgehead atoms. The van der Waals surface area contributed by atoms with E-state index in [9.17, 15) is 9.90 Å². The molecule has 2 unspecified atom stereocenters. The summed E-state index contributed by atoms with van der Waals surface area (Å²) in [5.41, 5.74) is 0.363. The van der Waals surface area contributed by atoms with Gasteiger partial charge in [0.1, 0.15) is 12.2 Å². The van der Waals surface area contributed by atoms with Gasteiger partial charge in [0.2, 0.25) is 0 Å². The number of aliphatic hydroxyl groups is 3. The van der Waals surface area contributed by atoms with Crippen LogP contribution in [0.25, 0.3) is 0 Å². The highest BCUT2D eigenvalue weighted by atomic mass is 32.1. The van der Waals surface area contributed by atoms with E-state index in [4.69, 9.17) is 10.2 Å². The summed E-state index contributed by atoms with van der Waals surface area (Å²) in [6.45, 7) is -0.532. The minimum Gasteiger partial charge on any atom is -0.394 e. The van der Waals surface area contributed by atoms with Gasteiger partial charge in [-0.25, -0.2) is 0 Å². The van der Waals surface area contributed by atoms with Crippen molar-refractivity contribution >= 4 is 17.6 Å². The van der Waals surface area contributed by atoms with E-state index in [1.54, 1.807) is 11.4 Å². The van der Waals surface area contributed by atoms with Gasteiger partial charge < -0.3 is 15.3 Å². The topological polar surface area (TPSA) is 77.8 Å². The SMILES string of the molecule is O=Cc1sccc1C(O)C(O)CO. The van der Waals surface area contributed by atoms with Crippen molar-refractivity contribution in [3.05, 3.63) is 21.9 Å². The van der Waals surface area contributed by atoms with Crippen molar-refractivity contribution in [2.45, 2.75) is 12.2 Å². The zero-order valence-corrected chi connectivity index (χ0v) is 7.57. The van der Waals surface area contributed by atoms with Gasteiger partial charge in [0.25, 0.3) is 0 Å². The Bertz CT molecular complexity index is 283. The van der Waals surface area contributed by atoms with Gasteiger partial charge in [-0.3, -0.25) is 4.79 Å². The van der Waals surface area contributed by atoms with E-state index >= 15 is 0 Å². The molecule has 0 aromatic carbocycles. The number of aldehydes is 1. The summed E-state index contributed by atoms with van der Waals surface area (Å²) in [5.74, 6) is 0. The van der Waals surface area contributed by atoms with Gasteiger partial charge in [-0.1, -0.05) is 0 Å². The minimum atomic E-state index is -1.24. The summed E-state index contributed by atoms with van der Waals surface area (Å²) in [5, 5.41) is 28.8. The fourth-order valence-corrected chi connectivity index (χ4v) is 1.72. The predicted molar refractivity (Wildman–Crippen MR) is 47.8 cm³/mol. The van der Waals surface area contributed by atoms with Crippen LogP contribution in [0.2, 0.25) is 0 Å². The van der Waals surface area contributed by atoms with Crippen LogP contribution in [-0.2, 0) is 0 Å². The molecule has 5 heteroatoms. The molecule has 0 amide bonds. The van der Waals surface area contributed by atoms with Gasteiger partial charge in [0, 0.05) is 5.56 Å². The number of hydrogen-bond acceptors (Lipinski definition) is 5. The van der Waals surface area contributed by atoms with E-state index in [0.717, 1.165) is 0 Å². The summed E-state index contributed by atoms with van der Waals surface area (Å²) in [7, 11) is 0. The largest absolute Gasteiger partial charge is 0.394 e.